The van der Waals surface area contributed by atoms with Gasteiger partial charge in [-0.05, 0) is 17.7 Å². The molecule has 0 saturated carbocycles. The van der Waals surface area contributed by atoms with Gasteiger partial charge in [0.1, 0.15) is 5.82 Å². The van der Waals surface area contributed by atoms with Crippen LogP contribution in [0.5, 0.6) is 0 Å². The standard InChI is InChI=1S/C10H13FO2/c1-12-6-8-3-4-10(11)9(5-8)7-13-2/h3-5H,6-7H2,1-2H3. The minimum atomic E-state index is -0.235. The van der Waals surface area contributed by atoms with E-state index in [9.17, 15) is 4.39 Å². The highest BCUT2D eigenvalue weighted by molar-refractivity contribution is 5.24. The Balaban J connectivity index is 2.83. The molecule has 0 atom stereocenters. The molecule has 0 radical (unpaired) electrons. The van der Waals surface area contributed by atoms with Crippen LogP contribution in [-0.2, 0) is 22.7 Å². The fourth-order valence-corrected chi connectivity index (χ4v) is 1.15. The molecule has 0 N–H and O–H groups in total. The van der Waals surface area contributed by atoms with E-state index in [1.807, 2.05) is 0 Å². The Hall–Kier alpha value is -0.930. The maximum Gasteiger partial charge on any atom is 0.128 e. The van der Waals surface area contributed by atoms with Crippen LogP contribution in [0.3, 0.4) is 0 Å². The van der Waals surface area contributed by atoms with Crippen LogP contribution in [0.2, 0.25) is 0 Å². The zero-order valence-electron chi connectivity index (χ0n) is 7.84. The summed E-state index contributed by atoms with van der Waals surface area (Å²) in [6.07, 6.45) is 0. The second-order valence-corrected chi connectivity index (χ2v) is 2.79. The van der Waals surface area contributed by atoms with E-state index in [0.717, 1.165) is 5.56 Å². The zero-order valence-corrected chi connectivity index (χ0v) is 7.84. The molecule has 0 aliphatic heterocycles. The van der Waals surface area contributed by atoms with Crippen LogP contribution in [0.1, 0.15) is 11.1 Å². The van der Waals surface area contributed by atoms with Crippen LogP contribution in [0.4, 0.5) is 4.39 Å². The van der Waals surface area contributed by atoms with Gasteiger partial charge in [-0.1, -0.05) is 6.07 Å². The maximum absolute atomic E-state index is 13.1. The van der Waals surface area contributed by atoms with Crippen molar-refractivity contribution in [2.45, 2.75) is 13.2 Å². The number of hydrogen-bond donors (Lipinski definition) is 0. The molecular formula is C10H13FO2. The number of rotatable bonds is 4. The Morgan fingerprint density at radius 2 is 1.85 bits per heavy atom. The van der Waals surface area contributed by atoms with Crippen LogP contribution in [-0.4, -0.2) is 14.2 Å². The minimum Gasteiger partial charge on any atom is -0.380 e. The molecular weight excluding hydrogens is 171 g/mol. The van der Waals surface area contributed by atoms with Gasteiger partial charge < -0.3 is 9.47 Å². The summed E-state index contributed by atoms with van der Waals surface area (Å²) >= 11 is 0. The Labute approximate surface area is 77.3 Å². The van der Waals surface area contributed by atoms with Crippen molar-refractivity contribution in [3.8, 4) is 0 Å². The van der Waals surface area contributed by atoms with Crippen LogP contribution in [0.15, 0.2) is 18.2 Å². The predicted molar refractivity (Wildman–Crippen MR) is 47.8 cm³/mol. The summed E-state index contributed by atoms with van der Waals surface area (Å²) in [5.41, 5.74) is 1.52. The third kappa shape index (κ3) is 2.79. The van der Waals surface area contributed by atoms with E-state index in [1.165, 1.54) is 6.07 Å². The Morgan fingerprint density at radius 1 is 1.15 bits per heavy atom. The molecule has 0 spiro atoms. The van der Waals surface area contributed by atoms with E-state index in [-0.39, 0.29) is 5.82 Å². The molecule has 3 heteroatoms. The minimum absolute atomic E-state index is 0.235. The van der Waals surface area contributed by atoms with Crippen molar-refractivity contribution in [3.05, 3.63) is 35.1 Å². The van der Waals surface area contributed by atoms with Crippen LogP contribution in [0.25, 0.3) is 0 Å². The van der Waals surface area contributed by atoms with Crippen molar-refractivity contribution in [2.75, 3.05) is 14.2 Å². The lowest BCUT2D eigenvalue weighted by Crippen LogP contribution is -1.96. The summed E-state index contributed by atoms with van der Waals surface area (Å²) in [4.78, 5) is 0. The summed E-state index contributed by atoms with van der Waals surface area (Å²) in [6, 6.07) is 4.89. The van der Waals surface area contributed by atoms with Crippen molar-refractivity contribution >= 4 is 0 Å². The highest BCUT2D eigenvalue weighted by Crippen LogP contribution is 2.12. The van der Waals surface area contributed by atoms with E-state index in [0.29, 0.717) is 18.8 Å². The Morgan fingerprint density at radius 3 is 2.46 bits per heavy atom. The summed E-state index contributed by atoms with van der Waals surface area (Å²) in [5.74, 6) is -0.235. The highest BCUT2D eigenvalue weighted by Gasteiger charge is 2.02. The third-order valence-corrected chi connectivity index (χ3v) is 1.72. The van der Waals surface area contributed by atoms with Gasteiger partial charge in [0, 0.05) is 19.8 Å². The third-order valence-electron chi connectivity index (χ3n) is 1.72. The number of ether oxygens (including phenoxy) is 2. The summed E-state index contributed by atoms with van der Waals surface area (Å²) in [6.45, 7) is 0.792. The normalized spacial score (nSPS) is 10.4. The van der Waals surface area contributed by atoms with Gasteiger partial charge in [-0.25, -0.2) is 4.39 Å². The smallest absolute Gasteiger partial charge is 0.128 e. The van der Waals surface area contributed by atoms with E-state index >= 15 is 0 Å². The SMILES string of the molecule is COCc1ccc(F)c(COC)c1. The van der Waals surface area contributed by atoms with Gasteiger partial charge in [-0.2, -0.15) is 0 Å². The second kappa shape index (κ2) is 4.94. The average molecular weight is 184 g/mol. The second-order valence-electron chi connectivity index (χ2n) is 2.79. The molecule has 1 aromatic carbocycles. The van der Waals surface area contributed by atoms with Crippen LogP contribution >= 0.6 is 0 Å². The molecule has 1 rings (SSSR count). The predicted octanol–water partition coefficient (Wildman–Crippen LogP) is 2.12. The van der Waals surface area contributed by atoms with Gasteiger partial charge in [0.15, 0.2) is 0 Å². The molecule has 0 aliphatic carbocycles. The lowest BCUT2D eigenvalue weighted by atomic mass is 10.1. The molecule has 0 amide bonds. The molecule has 0 unspecified atom stereocenters. The quantitative estimate of drug-likeness (QED) is 0.713. The molecule has 0 fully saturated rings. The monoisotopic (exact) mass is 184 g/mol. The van der Waals surface area contributed by atoms with Crippen molar-refractivity contribution < 1.29 is 13.9 Å². The molecule has 1 aromatic rings. The van der Waals surface area contributed by atoms with E-state index < -0.39 is 0 Å². The van der Waals surface area contributed by atoms with Crippen LogP contribution < -0.4 is 0 Å². The fraction of sp³-hybridized carbons (Fsp3) is 0.400. The first-order valence-electron chi connectivity index (χ1n) is 4.03. The van der Waals surface area contributed by atoms with Crippen molar-refractivity contribution in [2.24, 2.45) is 0 Å². The lowest BCUT2D eigenvalue weighted by molar-refractivity contribution is 0.177. The van der Waals surface area contributed by atoms with Gasteiger partial charge in [0.05, 0.1) is 13.2 Å². The van der Waals surface area contributed by atoms with Gasteiger partial charge in [-0.15, -0.1) is 0 Å². The first-order chi connectivity index (χ1) is 6.27. The zero-order chi connectivity index (χ0) is 9.68. The maximum atomic E-state index is 13.1. The first kappa shape index (κ1) is 10.2. The molecule has 0 aliphatic rings. The van der Waals surface area contributed by atoms with E-state index in [1.54, 1.807) is 26.4 Å². The summed E-state index contributed by atoms with van der Waals surface area (Å²) < 4.78 is 22.9. The Kier molecular flexibility index (Phi) is 3.86. The first-order valence-corrected chi connectivity index (χ1v) is 4.03. The largest absolute Gasteiger partial charge is 0.380 e. The molecule has 0 aromatic heterocycles. The van der Waals surface area contributed by atoms with Crippen molar-refractivity contribution in [3.63, 3.8) is 0 Å². The Bertz CT molecular complexity index is 274. The van der Waals surface area contributed by atoms with Crippen molar-refractivity contribution in [1.29, 1.82) is 0 Å². The van der Waals surface area contributed by atoms with Crippen molar-refractivity contribution in [1.82, 2.24) is 0 Å². The molecule has 0 saturated heterocycles. The van der Waals surface area contributed by atoms with Gasteiger partial charge >= 0.3 is 0 Å². The van der Waals surface area contributed by atoms with E-state index in [2.05, 4.69) is 0 Å². The molecule has 0 heterocycles. The number of halogens is 1. The summed E-state index contributed by atoms with van der Waals surface area (Å²) in [5, 5.41) is 0. The topological polar surface area (TPSA) is 18.5 Å². The lowest BCUT2D eigenvalue weighted by Gasteiger charge is -2.04. The van der Waals surface area contributed by atoms with E-state index in [4.69, 9.17) is 9.47 Å². The number of hydrogen-bond acceptors (Lipinski definition) is 2. The summed E-state index contributed by atoms with van der Waals surface area (Å²) in [7, 11) is 3.15. The molecule has 2 nitrogen and oxygen atoms in total. The number of methoxy groups -OCH3 is 2. The highest BCUT2D eigenvalue weighted by atomic mass is 19.1. The molecule has 0 bridgehead atoms. The fourth-order valence-electron chi connectivity index (χ4n) is 1.15. The number of benzene rings is 1. The average Bonchev–Trinajstić information content (AvgIpc) is 2.12. The molecule has 13 heavy (non-hydrogen) atoms. The molecule has 72 valence electrons. The van der Waals surface area contributed by atoms with Gasteiger partial charge in [0.2, 0.25) is 0 Å². The van der Waals surface area contributed by atoms with Crippen LogP contribution in [0, 0.1) is 5.82 Å². The van der Waals surface area contributed by atoms with Gasteiger partial charge in [-0.3, -0.25) is 0 Å². The van der Waals surface area contributed by atoms with Gasteiger partial charge in [0.25, 0.3) is 0 Å².